The second-order valence-corrected chi connectivity index (χ2v) is 6.24. The number of nitrogens with one attached hydrogen (secondary N) is 2. The molecule has 0 aromatic heterocycles. The predicted molar refractivity (Wildman–Crippen MR) is 77.7 cm³/mol. The highest BCUT2D eigenvalue weighted by molar-refractivity contribution is 5.86. The van der Waals surface area contributed by atoms with Crippen LogP contribution in [0.1, 0.15) is 39.5 Å². The number of nitrogens with zero attached hydrogens (tertiary/aromatic N) is 1. The first-order chi connectivity index (χ1) is 9.27. The Morgan fingerprint density at radius 2 is 2.10 bits per heavy atom. The molecule has 0 aromatic carbocycles. The summed E-state index contributed by atoms with van der Waals surface area (Å²) in [5, 5.41) is 14.9. The van der Waals surface area contributed by atoms with E-state index in [9.17, 15) is 14.7 Å². The molecule has 1 aliphatic rings. The van der Waals surface area contributed by atoms with E-state index in [0.717, 1.165) is 12.8 Å². The monoisotopic (exact) mass is 285 g/mol. The minimum Gasteiger partial charge on any atom is -0.480 e. The Labute approximate surface area is 120 Å². The van der Waals surface area contributed by atoms with Crippen LogP contribution in [0.15, 0.2) is 0 Å². The van der Waals surface area contributed by atoms with E-state index >= 15 is 0 Å². The summed E-state index contributed by atoms with van der Waals surface area (Å²) in [5.74, 6) is -0.610. The van der Waals surface area contributed by atoms with Gasteiger partial charge in [0.05, 0.1) is 0 Å². The average molecular weight is 285 g/mol. The van der Waals surface area contributed by atoms with E-state index in [2.05, 4.69) is 10.6 Å². The Bertz CT molecular complexity index is 360. The number of rotatable bonds is 5. The van der Waals surface area contributed by atoms with Crippen LogP contribution in [-0.4, -0.2) is 54.2 Å². The van der Waals surface area contributed by atoms with Gasteiger partial charge in [0.1, 0.15) is 5.54 Å². The van der Waals surface area contributed by atoms with Gasteiger partial charge in [0.15, 0.2) is 0 Å². The third kappa shape index (κ3) is 4.37. The van der Waals surface area contributed by atoms with Gasteiger partial charge in [-0.3, -0.25) is 0 Å². The lowest BCUT2D eigenvalue weighted by atomic mass is 9.76. The molecule has 1 rings (SSSR count). The summed E-state index contributed by atoms with van der Waals surface area (Å²) in [6.45, 7) is 4.52. The van der Waals surface area contributed by atoms with Gasteiger partial charge in [0, 0.05) is 12.6 Å². The van der Waals surface area contributed by atoms with Crippen molar-refractivity contribution in [1.82, 2.24) is 15.5 Å². The van der Waals surface area contributed by atoms with Crippen molar-refractivity contribution < 1.29 is 14.7 Å². The number of amides is 2. The number of urea groups is 1. The van der Waals surface area contributed by atoms with E-state index in [-0.39, 0.29) is 6.04 Å². The largest absolute Gasteiger partial charge is 0.480 e. The molecule has 3 N–H and O–H groups in total. The predicted octanol–water partition coefficient (Wildman–Crippen LogP) is 1.27. The van der Waals surface area contributed by atoms with E-state index in [4.69, 9.17) is 0 Å². The van der Waals surface area contributed by atoms with Gasteiger partial charge in [-0.2, -0.15) is 0 Å². The zero-order valence-corrected chi connectivity index (χ0v) is 12.9. The molecule has 1 aliphatic carbocycles. The van der Waals surface area contributed by atoms with Gasteiger partial charge < -0.3 is 20.6 Å². The fourth-order valence-corrected chi connectivity index (χ4v) is 2.60. The maximum Gasteiger partial charge on any atom is 0.329 e. The van der Waals surface area contributed by atoms with E-state index in [1.54, 1.807) is 0 Å². The molecule has 2 amide bonds. The standard InChI is InChI=1S/C14H27N3O3/c1-10-6-5-7-14(8-10,12(18)19)16-13(20)15-9-11(2)17(3)4/h10-11H,5-9H2,1-4H3,(H,18,19)(H2,15,16,20). The van der Waals surface area contributed by atoms with Crippen LogP contribution in [0.5, 0.6) is 0 Å². The Kier molecular flexibility index (Phi) is 5.80. The highest BCUT2D eigenvalue weighted by Crippen LogP contribution is 2.32. The Hall–Kier alpha value is -1.30. The van der Waals surface area contributed by atoms with Gasteiger partial charge in [0.25, 0.3) is 0 Å². The molecule has 6 nitrogen and oxygen atoms in total. The SMILES string of the molecule is CC1CCCC(NC(=O)NCC(C)N(C)C)(C(=O)O)C1. The number of hydrogen-bond donors (Lipinski definition) is 3. The zero-order valence-electron chi connectivity index (χ0n) is 12.9. The lowest BCUT2D eigenvalue weighted by molar-refractivity contribution is -0.146. The summed E-state index contributed by atoms with van der Waals surface area (Å²) >= 11 is 0. The van der Waals surface area contributed by atoms with E-state index in [0.29, 0.717) is 25.3 Å². The van der Waals surface area contributed by atoms with Crippen LogP contribution in [0.3, 0.4) is 0 Å². The first kappa shape index (κ1) is 16.8. The molecule has 1 fully saturated rings. The first-order valence-corrected chi connectivity index (χ1v) is 7.22. The molecule has 3 atom stereocenters. The molecule has 0 saturated heterocycles. The quantitative estimate of drug-likeness (QED) is 0.710. The fourth-order valence-electron chi connectivity index (χ4n) is 2.60. The highest BCUT2D eigenvalue weighted by atomic mass is 16.4. The molecule has 1 saturated carbocycles. The number of carboxylic acids is 1. The van der Waals surface area contributed by atoms with Crippen molar-refractivity contribution in [2.45, 2.75) is 51.1 Å². The molecule has 0 heterocycles. The lowest BCUT2D eigenvalue weighted by Crippen LogP contribution is -2.59. The summed E-state index contributed by atoms with van der Waals surface area (Å²) in [6.07, 6.45) is 2.86. The third-order valence-corrected chi connectivity index (χ3v) is 4.20. The van der Waals surface area contributed by atoms with Gasteiger partial charge in [-0.1, -0.05) is 19.8 Å². The summed E-state index contributed by atoms with van der Waals surface area (Å²) in [5.41, 5.74) is -1.11. The Balaban J connectivity index is 2.58. The minimum absolute atomic E-state index is 0.201. The van der Waals surface area contributed by atoms with Crippen LogP contribution in [0.2, 0.25) is 0 Å². The normalized spacial score (nSPS) is 27.9. The summed E-state index contributed by atoms with van der Waals surface area (Å²) in [4.78, 5) is 25.5. The molecule has 0 spiro atoms. The smallest absolute Gasteiger partial charge is 0.329 e. The molecule has 0 radical (unpaired) electrons. The van der Waals surface area contributed by atoms with Crippen molar-refractivity contribution >= 4 is 12.0 Å². The van der Waals surface area contributed by atoms with Crippen LogP contribution < -0.4 is 10.6 Å². The van der Waals surface area contributed by atoms with Crippen molar-refractivity contribution in [2.24, 2.45) is 5.92 Å². The van der Waals surface area contributed by atoms with Gasteiger partial charge in [0.2, 0.25) is 0 Å². The zero-order chi connectivity index (χ0) is 15.3. The van der Waals surface area contributed by atoms with Crippen LogP contribution in [0.4, 0.5) is 4.79 Å². The van der Waals surface area contributed by atoms with Crippen molar-refractivity contribution in [1.29, 1.82) is 0 Å². The van der Waals surface area contributed by atoms with Gasteiger partial charge >= 0.3 is 12.0 Å². The topological polar surface area (TPSA) is 81.7 Å². The second kappa shape index (κ2) is 6.92. The first-order valence-electron chi connectivity index (χ1n) is 7.22. The third-order valence-electron chi connectivity index (χ3n) is 4.20. The molecule has 6 heteroatoms. The molecule has 0 bridgehead atoms. The fraction of sp³-hybridized carbons (Fsp3) is 0.857. The maximum absolute atomic E-state index is 12.0. The van der Waals surface area contributed by atoms with Crippen LogP contribution in [0.25, 0.3) is 0 Å². The van der Waals surface area contributed by atoms with Gasteiger partial charge in [-0.15, -0.1) is 0 Å². The summed E-state index contributed by atoms with van der Waals surface area (Å²) in [7, 11) is 3.87. The highest BCUT2D eigenvalue weighted by Gasteiger charge is 2.43. The van der Waals surface area contributed by atoms with Crippen molar-refractivity contribution in [3.05, 3.63) is 0 Å². The molecule has 3 unspecified atom stereocenters. The molecule has 20 heavy (non-hydrogen) atoms. The van der Waals surface area contributed by atoms with Crippen molar-refractivity contribution in [3.63, 3.8) is 0 Å². The Morgan fingerprint density at radius 1 is 1.45 bits per heavy atom. The van der Waals surface area contributed by atoms with E-state index < -0.39 is 17.5 Å². The molecular weight excluding hydrogens is 258 g/mol. The number of carbonyl (C=O) groups excluding carboxylic acids is 1. The summed E-state index contributed by atoms with van der Waals surface area (Å²) in [6, 6.07) is -0.193. The van der Waals surface area contributed by atoms with Crippen LogP contribution in [0, 0.1) is 5.92 Å². The molecule has 0 aliphatic heterocycles. The molecule has 0 aromatic rings. The minimum atomic E-state index is -1.11. The number of hydrogen-bond acceptors (Lipinski definition) is 3. The summed E-state index contributed by atoms with van der Waals surface area (Å²) < 4.78 is 0. The van der Waals surface area contributed by atoms with Gasteiger partial charge in [-0.05, 0) is 39.8 Å². The lowest BCUT2D eigenvalue weighted by Gasteiger charge is -2.37. The molecule has 116 valence electrons. The van der Waals surface area contributed by atoms with Crippen molar-refractivity contribution in [2.75, 3.05) is 20.6 Å². The van der Waals surface area contributed by atoms with Gasteiger partial charge in [-0.25, -0.2) is 9.59 Å². The van der Waals surface area contributed by atoms with E-state index in [1.807, 2.05) is 32.8 Å². The average Bonchev–Trinajstić information content (AvgIpc) is 2.35. The van der Waals surface area contributed by atoms with E-state index in [1.165, 1.54) is 0 Å². The van der Waals surface area contributed by atoms with Crippen LogP contribution in [-0.2, 0) is 4.79 Å². The maximum atomic E-state index is 12.0. The van der Waals surface area contributed by atoms with Crippen molar-refractivity contribution in [3.8, 4) is 0 Å². The molecular formula is C14H27N3O3. The number of likely N-dealkylation sites (N-methyl/N-ethyl adjacent to an activating group) is 1. The Morgan fingerprint density at radius 3 is 2.60 bits per heavy atom. The number of carbonyl (C=O) groups is 2. The van der Waals surface area contributed by atoms with Crippen LogP contribution >= 0.6 is 0 Å². The second-order valence-electron chi connectivity index (χ2n) is 6.24. The number of carboxylic acid groups (broad SMARTS) is 1. The number of aliphatic carboxylic acids is 1.